The molecule has 0 aromatic heterocycles. The molecule has 116 valence electrons. The lowest BCUT2D eigenvalue weighted by atomic mass is 9.67. The number of nitrogens with zero attached hydrogens (tertiary/aromatic N) is 1. The average Bonchev–Trinajstić information content (AvgIpc) is 2.47. The first-order valence-electron chi connectivity index (χ1n) is 8.27. The van der Waals surface area contributed by atoms with Crippen LogP contribution in [0.15, 0.2) is 30.3 Å². The number of carbonyl (C=O) groups excluding carboxylic acids is 1. The predicted octanol–water partition coefficient (Wildman–Crippen LogP) is 4.15. The molecule has 0 aliphatic carbocycles. The van der Waals surface area contributed by atoms with Crippen LogP contribution in [-0.2, 0) is 11.2 Å². The fraction of sp³-hybridized carbons (Fsp3) is 0.632. The van der Waals surface area contributed by atoms with Crippen LogP contribution in [-0.4, -0.2) is 23.9 Å². The zero-order valence-corrected chi connectivity index (χ0v) is 13.9. The van der Waals surface area contributed by atoms with Crippen molar-refractivity contribution in [2.75, 3.05) is 13.1 Å². The Morgan fingerprint density at radius 1 is 1.19 bits per heavy atom. The minimum Gasteiger partial charge on any atom is -0.342 e. The molecule has 2 nitrogen and oxygen atoms in total. The zero-order chi connectivity index (χ0) is 15.5. The molecule has 1 fully saturated rings. The Labute approximate surface area is 129 Å². The summed E-state index contributed by atoms with van der Waals surface area (Å²) < 4.78 is 0. The summed E-state index contributed by atoms with van der Waals surface area (Å²) in [6.45, 7) is 10.5. The first kappa shape index (κ1) is 16.1. The highest BCUT2D eigenvalue weighted by Gasteiger charge is 2.39. The fourth-order valence-electron chi connectivity index (χ4n) is 3.54. The van der Waals surface area contributed by atoms with E-state index >= 15 is 0 Å². The van der Waals surface area contributed by atoms with Gasteiger partial charge in [-0.3, -0.25) is 4.79 Å². The Hall–Kier alpha value is -1.31. The molecule has 1 amide bonds. The number of piperidine rings is 1. The van der Waals surface area contributed by atoms with Crippen molar-refractivity contribution in [2.24, 2.45) is 17.3 Å². The molecule has 1 aliphatic heterocycles. The Balaban J connectivity index is 2.19. The van der Waals surface area contributed by atoms with Gasteiger partial charge < -0.3 is 4.90 Å². The molecular weight excluding hydrogens is 258 g/mol. The molecular formula is C19H29NO. The number of rotatable bonds is 4. The molecule has 1 saturated heterocycles. The minimum atomic E-state index is 0.102. The molecule has 21 heavy (non-hydrogen) atoms. The van der Waals surface area contributed by atoms with Crippen LogP contribution < -0.4 is 0 Å². The van der Waals surface area contributed by atoms with E-state index in [1.165, 1.54) is 12.0 Å². The van der Waals surface area contributed by atoms with Gasteiger partial charge in [-0.25, -0.2) is 0 Å². The SMILES string of the molecule is CC(C)C(=O)N1CCCC(Cc2ccccc2)(C(C)C)C1. The molecule has 1 aromatic carbocycles. The number of hydrogen-bond acceptors (Lipinski definition) is 1. The highest BCUT2D eigenvalue weighted by Crippen LogP contribution is 2.40. The van der Waals surface area contributed by atoms with Crippen molar-refractivity contribution in [3.05, 3.63) is 35.9 Å². The lowest BCUT2D eigenvalue weighted by Gasteiger charge is -2.46. The van der Waals surface area contributed by atoms with Gasteiger partial charge in [0.2, 0.25) is 5.91 Å². The summed E-state index contributed by atoms with van der Waals surface area (Å²) in [4.78, 5) is 14.5. The van der Waals surface area contributed by atoms with Gasteiger partial charge in [0.05, 0.1) is 0 Å². The smallest absolute Gasteiger partial charge is 0.225 e. The first-order chi connectivity index (χ1) is 9.94. The van der Waals surface area contributed by atoms with Gasteiger partial charge >= 0.3 is 0 Å². The van der Waals surface area contributed by atoms with E-state index in [1.54, 1.807) is 0 Å². The summed E-state index contributed by atoms with van der Waals surface area (Å²) in [5.74, 6) is 0.998. The fourth-order valence-corrected chi connectivity index (χ4v) is 3.54. The number of amides is 1. The number of hydrogen-bond donors (Lipinski definition) is 0. The van der Waals surface area contributed by atoms with Crippen molar-refractivity contribution in [3.63, 3.8) is 0 Å². The molecule has 1 aromatic rings. The van der Waals surface area contributed by atoms with Crippen molar-refractivity contribution in [3.8, 4) is 0 Å². The van der Waals surface area contributed by atoms with Crippen molar-refractivity contribution < 1.29 is 4.79 Å². The number of benzene rings is 1. The van der Waals surface area contributed by atoms with Gasteiger partial charge in [-0.2, -0.15) is 0 Å². The highest BCUT2D eigenvalue weighted by atomic mass is 16.2. The third-order valence-electron chi connectivity index (χ3n) is 5.04. The molecule has 1 aliphatic rings. The van der Waals surface area contributed by atoms with E-state index in [0.29, 0.717) is 11.8 Å². The van der Waals surface area contributed by atoms with Crippen molar-refractivity contribution in [1.29, 1.82) is 0 Å². The van der Waals surface area contributed by atoms with Crippen LogP contribution in [0, 0.1) is 17.3 Å². The predicted molar refractivity (Wildman–Crippen MR) is 88.1 cm³/mol. The van der Waals surface area contributed by atoms with Gasteiger partial charge in [0.1, 0.15) is 0 Å². The van der Waals surface area contributed by atoms with Crippen LogP contribution in [0.3, 0.4) is 0 Å². The second-order valence-electron chi connectivity index (χ2n) is 7.20. The van der Waals surface area contributed by atoms with Gasteiger partial charge in [-0.15, -0.1) is 0 Å². The third-order valence-corrected chi connectivity index (χ3v) is 5.04. The second kappa shape index (κ2) is 6.64. The maximum absolute atomic E-state index is 12.4. The molecule has 0 spiro atoms. The lowest BCUT2D eigenvalue weighted by molar-refractivity contribution is -0.139. The third kappa shape index (κ3) is 3.66. The van der Waals surface area contributed by atoms with Crippen LogP contribution in [0.25, 0.3) is 0 Å². The Morgan fingerprint density at radius 3 is 2.43 bits per heavy atom. The van der Waals surface area contributed by atoms with Crippen molar-refractivity contribution in [2.45, 2.75) is 47.0 Å². The molecule has 1 unspecified atom stereocenters. The van der Waals surface area contributed by atoms with Crippen LogP contribution >= 0.6 is 0 Å². The zero-order valence-electron chi connectivity index (χ0n) is 13.9. The van der Waals surface area contributed by atoms with Crippen LogP contribution in [0.1, 0.15) is 46.1 Å². The second-order valence-corrected chi connectivity index (χ2v) is 7.20. The van der Waals surface area contributed by atoms with E-state index in [0.717, 1.165) is 25.9 Å². The van der Waals surface area contributed by atoms with Crippen LogP contribution in [0.5, 0.6) is 0 Å². The van der Waals surface area contributed by atoms with E-state index in [4.69, 9.17) is 0 Å². The first-order valence-corrected chi connectivity index (χ1v) is 8.27. The summed E-state index contributed by atoms with van der Waals surface area (Å²) in [6, 6.07) is 10.7. The normalized spacial score (nSPS) is 22.9. The number of likely N-dealkylation sites (tertiary alicyclic amines) is 1. The van der Waals surface area contributed by atoms with Crippen molar-refractivity contribution in [1.82, 2.24) is 4.90 Å². The summed E-state index contributed by atoms with van der Waals surface area (Å²) >= 11 is 0. The standard InChI is InChI=1S/C19H29NO/c1-15(2)18(21)20-12-8-11-19(14-20,16(3)4)13-17-9-6-5-7-10-17/h5-7,9-10,15-16H,8,11-14H2,1-4H3. The average molecular weight is 287 g/mol. The van der Waals surface area contributed by atoms with Crippen LogP contribution in [0.4, 0.5) is 0 Å². The molecule has 2 rings (SSSR count). The Bertz CT molecular complexity index is 466. The van der Waals surface area contributed by atoms with E-state index in [9.17, 15) is 4.79 Å². The molecule has 2 heteroatoms. The topological polar surface area (TPSA) is 20.3 Å². The summed E-state index contributed by atoms with van der Waals surface area (Å²) in [5, 5.41) is 0. The van der Waals surface area contributed by atoms with Gasteiger partial charge in [0.15, 0.2) is 0 Å². The number of carbonyl (C=O) groups is 1. The van der Waals surface area contributed by atoms with E-state index < -0.39 is 0 Å². The monoisotopic (exact) mass is 287 g/mol. The maximum atomic E-state index is 12.4. The Morgan fingerprint density at radius 2 is 1.86 bits per heavy atom. The van der Waals surface area contributed by atoms with Gasteiger partial charge in [0, 0.05) is 19.0 Å². The molecule has 0 radical (unpaired) electrons. The minimum absolute atomic E-state index is 0.102. The van der Waals surface area contributed by atoms with Crippen LogP contribution in [0.2, 0.25) is 0 Å². The van der Waals surface area contributed by atoms with E-state index in [-0.39, 0.29) is 11.3 Å². The molecule has 0 saturated carbocycles. The Kier molecular flexibility index (Phi) is 5.08. The molecule has 0 bridgehead atoms. The van der Waals surface area contributed by atoms with Crippen molar-refractivity contribution >= 4 is 5.91 Å². The quantitative estimate of drug-likeness (QED) is 0.814. The molecule has 1 heterocycles. The summed E-state index contributed by atoms with van der Waals surface area (Å²) in [6.07, 6.45) is 3.43. The lowest BCUT2D eigenvalue weighted by Crippen LogP contribution is -2.50. The largest absolute Gasteiger partial charge is 0.342 e. The van der Waals surface area contributed by atoms with E-state index in [2.05, 4.69) is 49.1 Å². The van der Waals surface area contributed by atoms with Gasteiger partial charge in [0.25, 0.3) is 0 Å². The highest BCUT2D eigenvalue weighted by molar-refractivity contribution is 5.78. The molecule has 0 N–H and O–H groups in total. The van der Waals surface area contributed by atoms with Gasteiger partial charge in [-0.05, 0) is 36.2 Å². The molecule has 1 atom stereocenters. The summed E-state index contributed by atoms with van der Waals surface area (Å²) in [5.41, 5.74) is 1.62. The van der Waals surface area contributed by atoms with Gasteiger partial charge in [-0.1, -0.05) is 58.0 Å². The summed E-state index contributed by atoms with van der Waals surface area (Å²) in [7, 11) is 0. The van der Waals surface area contributed by atoms with E-state index in [1.807, 2.05) is 13.8 Å². The maximum Gasteiger partial charge on any atom is 0.225 e.